The van der Waals surface area contributed by atoms with E-state index < -0.39 is 18.2 Å². The minimum atomic E-state index is -0.476. The van der Waals surface area contributed by atoms with Gasteiger partial charge < -0.3 is 20.7 Å². The van der Waals surface area contributed by atoms with Crippen LogP contribution in [0.3, 0.4) is 0 Å². The summed E-state index contributed by atoms with van der Waals surface area (Å²) in [5.74, 6) is -0.351. The number of hydrogen-bond donors (Lipinski definition) is 2. The third-order valence-corrected chi connectivity index (χ3v) is 6.11. The monoisotopic (exact) mass is 434 g/mol. The number of anilines is 2. The summed E-state index contributed by atoms with van der Waals surface area (Å²) in [5, 5.41) is 2.75. The van der Waals surface area contributed by atoms with E-state index in [1.165, 1.54) is 16.2 Å². The third-order valence-electron chi connectivity index (χ3n) is 4.88. The van der Waals surface area contributed by atoms with Crippen molar-refractivity contribution in [1.82, 2.24) is 5.32 Å². The highest BCUT2D eigenvalue weighted by atomic mass is 35.5. The van der Waals surface area contributed by atoms with Gasteiger partial charge in [-0.1, -0.05) is 11.6 Å². The van der Waals surface area contributed by atoms with Crippen molar-refractivity contribution in [2.45, 2.75) is 18.6 Å². The van der Waals surface area contributed by atoms with Gasteiger partial charge in [-0.15, -0.1) is 11.3 Å². The van der Waals surface area contributed by atoms with Crippen LogP contribution in [0.15, 0.2) is 36.4 Å². The lowest BCUT2D eigenvalue weighted by Crippen LogP contribution is -2.34. The van der Waals surface area contributed by atoms with Crippen LogP contribution in [0.2, 0.25) is 4.34 Å². The number of rotatable bonds is 5. The molecule has 29 heavy (non-hydrogen) atoms. The van der Waals surface area contributed by atoms with Gasteiger partial charge in [0.05, 0.1) is 28.3 Å². The molecule has 2 aromatic rings. The maximum atomic E-state index is 12.2. The van der Waals surface area contributed by atoms with E-state index in [1.807, 2.05) is 0 Å². The molecule has 2 atom stereocenters. The quantitative estimate of drug-likeness (QED) is 0.750. The van der Waals surface area contributed by atoms with E-state index in [4.69, 9.17) is 22.1 Å². The summed E-state index contributed by atoms with van der Waals surface area (Å²) in [6, 6.07) is 9.96. The minimum Gasteiger partial charge on any atom is -0.442 e. The van der Waals surface area contributed by atoms with Crippen molar-refractivity contribution in [2.24, 2.45) is 5.73 Å². The zero-order valence-corrected chi connectivity index (χ0v) is 16.9. The highest BCUT2D eigenvalue weighted by Crippen LogP contribution is 2.27. The molecule has 3 amide bonds. The zero-order valence-electron chi connectivity index (χ0n) is 15.3. The van der Waals surface area contributed by atoms with Crippen LogP contribution in [0.4, 0.5) is 16.2 Å². The standard InChI is InChI=1S/C19H19ClN4O4S/c20-16-6-5-15(29-16)17(25)22-9-13-10-24(19(27)28-13)12-3-1-11(2-4-12)23-8-7-14(21)18(23)26/h1-6,13-14H,7-10,21H2,(H,22,25). The molecule has 3 heterocycles. The van der Waals surface area contributed by atoms with E-state index in [-0.39, 0.29) is 18.4 Å². The number of ether oxygens (including phenoxy) is 1. The number of nitrogens with zero attached hydrogens (tertiary/aromatic N) is 2. The number of halogens is 1. The van der Waals surface area contributed by atoms with Gasteiger partial charge in [0.1, 0.15) is 6.10 Å². The summed E-state index contributed by atoms with van der Waals surface area (Å²) in [6.45, 7) is 1.11. The van der Waals surface area contributed by atoms with Gasteiger partial charge in [-0.25, -0.2) is 4.79 Å². The summed E-state index contributed by atoms with van der Waals surface area (Å²) < 4.78 is 5.89. The fraction of sp³-hybridized carbons (Fsp3) is 0.316. The Kier molecular flexibility index (Phi) is 5.44. The van der Waals surface area contributed by atoms with Crippen molar-refractivity contribution < 1.29 is 19.1 Å². The molecule has 2 saturated heterocycles. The second-order valence-electron chi connectivity index (χ2n) is 6.83. The average Bonchev–Trinajstić information content (AvgIpc) is 3.40. The fourth-order valence-corrected chi connectivity index (χ4v) is 4.30. The van der Waals surface area contributed by atoms with E-state index in [1.54, 1.807) is 41.3 Å². The number of amides is 3. The molecule has 0 aliphatic carbocycles. The van der Waals surface area contributed by atoms with E-state index in [0.29, 0.717) is 34.4 Å². The number of hydrogen-bond acceptors (Lipinski definition) is 6. The number of nitrogens with two attached hydrogens (primary N) is 1. The maximum absolute atomic E-state index is 12.2. The van der Waals surface area contributed by atoms with Crippen LogP contribution < -0.4 is 20.9 Å². The van der Waals surface area contributed by atoms with Crippen molar-refractivity contribution in [1.29, 1.82) is 0 Å². The molecule has 8 nitrogen and oxygen atoms in total. The first kappa shape index (κ1) is 19.7. The SMILES string of the molecule is NC1CCN(c2ccc(N3CC(CNC(=O)c4ccc(Cl)s4)OC3=O)cc2)C1=O. The lowest BCUT2D eigenvalue weighted by atomic mass is 10.2. The number of benzene rings is 1. The molecular weight excluding hydrogens is 416 g/mol. The molecule has 0 radical (unpaired) electrons. The molecule has 1 aromatic carbocycles. The van der Waals surface area contributed by atoms with Gasteiger partial charge in [0.2, 0.25) is 5.91 Å². The van der Waals surface area contributed by atoms with Crippen molar-refractivity contribution >= 4 is 52.2 Å². The number of carbonyl (C=O) groups is 3. The Labute approximate surface area is 176 Å². The van der Waals surface area contributed by atoms with Crippen LogP contribution in [0, 0.1) is 0 Å². The third kappa shape index (κ3) is 4.07. The Morgan fingerprint density at radius 1 is 1.17 bits per heavy atom. The van der Waals surface area contributed by atoms with Crippen molar-refractivity contribution in [3.63, 3.8) is 0 Å². The first-order valence-electron chi connectivity index (χ1n) is 9.11. The van der Waals surface area contributed by atoms with Crippen LogP contribution in [0.25, 0.3) is 0 Å². The van der Waals surface area contributed by atoms with E-state index in [9.17, 15) is 14.4 Å². The average molecular weight is 435 g/mol. The second-order valence-corrected chi connectivity index (χ2v) is 8.55. The first-order valence-corrected chi connectivity index (χ1v) is 10.3. The van der Waals surface area contributed by atoms with Crippen molar-refractivity contribution in [3.8, 4) is 0 Å². The fourth-order valence-electron chi connectivity index (χ4n) is 3.34. The van der Waals surface area contributed by atoms with E-state index in [0.717, 1.165) is 5.69 Å². The molecule has 0 spiro atoms. The van der Waals surface area contributed by atoms with Crippen molar-refractivity contribution in [3.05, 3.63) is 45.6 Å². The Balaban J connectivity index is 1.35. The molecule has 2 aliphatic rings. The summed E-state index contributed by atoms with van der Waals surface area (Å²) in [7, 11) is 0. The first-order chi connectivity index (χ1) is 13.9. The Morgan fingerprint density at radius 3 is 2.45 bits per heavy atom. The molecule has 152 valence electrons. The molecule has 0 bridgehead atoms. The van der Waals surface area contributed by atoms with Gasteiger partial charge in [0, 0.05) is 17.9 Å². The van der Waals surface area contributed by atoms with E-state index in [2.05, 4.69) is 5.32 Å². The molecule has 2 aliphatic heterocycles. The van der Waals surface area contributed by atoms with Crippen LogP contribution in [-0.2, 0) is 9.53 Å². The number of nitrogens with one attached hydrogen (secondary N) is 1. The maximum Gasteiger partial charge on any atom is 0.414 e. The number of cyclic esters (lactones) is 1. The molecule has 10 heteroatoms. The lowest BCUT2D eigenvalue weighted by molar-refractivity contribution is -0.118. The summed E-state index contributed by atoms with van der Waals surface area (Å²) in [4.78, 5) is 40.0. The summed E-state index contributed by atoms with van der Waals surface area (Å²) >= 11 is 7.03. The van der Waals surface area contributed by atoms with Gasteiger partial charge in [-0.05, 0) is 42.8 Å². The number of thiophene rings is 1. The van der Waals surface area contributed by atoms with Crippen LogP contribution in [-0.4, -0.2) is 49.7 Å². The van der Waals surface area contributed by atoms with Gasteiger partial charge in [0.25, 0.3) is 5.91 Å². The Morgan fingerprint density at radius 2 is 1.86 bits per heavy atom. The largest absolute Gasteiger partial charge is 0.442 e. The van der Waals surface area contributed by atoms with E-state index >= 15 is 0 Å². The molecule has 4 rings (SSSR count). The van der Waals surface area contributed by atoms with Crippen LogP contribution in [0.5, 0.6) is 0 Å². The van der Waals surface area contributed by atoms with Gasteiger partial charge in [0.15, 0.2) is 0 Å². The molecule has 2 fully saturated rings. The van der Waals surface area contributed by atoms with Crippen molar-refractivity contribution in [2.75, 3.05) is 29.4 Å². The van der Waals surface area contributed by atoms with Gasteiger partial charge in [-0.3, -0.25) is 14.5 Å². The number of carbonyl (C=O) groups excluding carboxylic acids is 3. The zero-order chi connectivity index (χ0) is 20.5. The predicted octanol–water partition coefficient (Wildman–Crippen LogP) is 2.22. The van der Waals surface area contributed by atoms with Gasteiger partial charge >= 0.3 is 6.09 Å². The Bertz CT molecular complexity index is 948. The van der Waals surface area contributed by atoms with Crippen LogP contribution in [0.1, 0.15) is 16.1 Å². The topological polar surface area (TPSA) is 105 Å². The normalized spacial score (nSPS) is 21.6. The highest BCUT2D eigenvalue weighted by molar-refractivity contribution is 7.18. The lowest BCUT2D eigenvalue weighted by Gasteiger charge is -2.18. The van der Waals surface area contributed by atoms with Gasteiger partial charge in [-0.2, -0.15) is 0 Å². The van der Waals surface area contributed by atoms with Crippen LogP contribution >= 0.6 is 22.9 Å². The molecular formula is C19H19ClN4O4S. The second kappa shape index (κ2) is 8.02. The summed E-state index contributed by atoms with van der Waals surface area (Å²) in [5.41, 5.74) is 7.17. The molecule has 0 saturated carbocycles. The highest BCUT2D eigenvalue weighted by Gasteiger charge is 2.33. The Hall–Kier alpha value is -2.62. The smallest absolute Gasteiger partial charge is 0.414 e. The predicted molar refractivity (Wildman–Crippen MR) is 111 cm³/mol. The molecule has 2 unspecified atom stereocenters. The summed E-state index contributed by atoms with van der Waals surface area (Å²) in [6.07, 6.45) is -0.306. The molecule has 3 N–H and O–H groups in total. The minimum absolute atomic E-state index is 0.0961. The molecule has 1 aromatic heterocycles.